The van der Waals surface area contributed by atoms with Crippen LogP contribution >= 0.6 is 0 Å². The van der Waals surface area contributed by atoms with Gasteiger partial charge < -0.3 is 13.6 Å². The van der Waals surface area contributed by atoms with Gasteiger partial charge in [-0.2, -0.15) is 23.8 Å². The van der Waals surface area contributed by atoms with Gasteiger partial charge in [0.25, 0.3) is 0 Å². The first-order valence-electron chi connectivity index (χ1n) is 25.7. The SMILES string of the molecule is [2H]C([2H])([2H])c1cc(C([2H])([2H])[2H])nc(-c2cc(C#N)c3c(c2)oc2c(-c4nc5ccccc5n4-c4c(C(C)C)cc(-c5ccc(C(C)(C)C)cc5)cc4C(C)C)[c-]ccc23)n1.[CH2-]c1ccccc1-c1cccc[n+]1[CH2-].[Ir+3]. The molecule has 0 amide bonds. The quantitative estimate of drug-likeness (QED) is 0.117. The van der Waals surface area contributed by atoms with Gasteiger partial charge in [0, 0.05) is 43.3 Å². The Labute approximate surface area is 428 Å². The monoisotopic (exact) mass is 1090 g/mol. The third-order valence-corrected chi connectivity index (χ3v) is 12.4. The second-order valence-electron chi connectivity index (χ2n) is 18.8. The molecule has 0 spiro atoms. The number of rotatable bonds is 7. The van der Waals surface area contributed by atoms with Crippen LogP contribution in [0, 0.1) is 45.1 Å². The number of imidazole rings is 1. The summed E-state index contributed by atoms with van der Waals surface area (Å²) in [5, 5.41) is 11.7. The molecular formula is C61H56IrN6O+. The Kier molecular flexibility index (Phi) is 11.4. The van der Waals surface area contributed by atoms with Crippen molar-refractivity contribution in [3.8, 4) is 56.9 Å². The number of pyridine rings is 1. The molecule has 0 aliphatic rings. The molecule has 0 saturated heterocycles. The van der Waals surface area contributed by atoms with Crippen LogP contribution < -0.4 is 4.57 Å². The third kappa shape index (κ3) is 9.33. The van der Waals surface area contributed by atoms with Crippen molar-refractivity contribution < 1.29 is 37.3 Å². The van der Waals surface area contributed by atoms with E-state index in [4.69, 9.17) is 17.6 Å². The van der Waals surface area contributed by atoms with E-state index in [9.17, 15) is 5.26 Å². The van der Waals surface area contributed by atoms with Crippen molar-refractivity contribution >= 4 is 33.0 Å². The first-order chi connectivity index (χ1) is 35.0. The van der Waals surface area contributed by atoms with Gasteiger partial charge in [-0.1, -0.05) is 120 Å². The smallest absolute Gasteiger partial charge is 0.500 e. The van der Waals surface area contributed by atoms with E-state index in [2.05, 4.69) is 138 Å². The Morgan fingerprint density at radius 1 is 0.768 bits per heavy atom. The molecule has 7 nitrogen and oxygen atoms in total. The topological polar surface area (TPSA) is 84.4 Å². The fourth-order valence-corrected chi connectivity index (χ4v) is 8.89. The average Bonchev–Trinajstić information content (AvgIpc) is 3.94. The molecule has 4 heterocycles. The Bertz CT molecular complexity index is 3700. The summed E-state index contributed by atoms with van der Waals surface area (Å²) in [7, 11) is 3.93. The molecular weight excluding hydrogens is 1020 g/mol. The van der Waals surface area contributed by atoms with Crippen LogP contribution in [0.2, 0.25) is 0 Å². The van der Waals surface area contributed by atoms with Crippen molar-refractivity contribution in [1.29, 1.82) is 5.26 Å². The molecule has 0 aliphatic carbocycles. The zero-order chi connectivity index (χ0) is 53.0. The zero-order valence-electron chi connectivity index (χ0n) is 45.8. The first-order valence-corrected chi connectivity index (χ1v) is 22.7. The number of hydrogen-bond donors (Lipinski definition) is 0. The second-order valence-corrected chi connectivity index (χ2v) is 18.8. The minimum atomic E-state index is -2.70. The van der Waals surface area contributed by atoms with Crippen molar-refractivity contribution in [1.82, 2.24) is 19.5 Å². The normalized spacial score (nSPS) is 13.2. The molecule has 0 saturated carbocycles. The van der Waals surface area contributed by atoms with Gasteiger partial charge in [0.15, 0.2) is 5.82 Å². The molecule has 10 aromatic rings. The summed E-state index contributed by atoms with van der Waals surface area (Å²) in [5.41, 5.74) is 12.9. The number of furan rings is 1. The number of nitriles is 1. The molecule has 6 aromatic carbocycles. The average molecular weight is 1090 g/mol. The van der Waals surface area contributed by atoms with E-state index in [0.29, 0.717) is 33.3 Å². The fraction of sp³-hybridized carbons (Fsp3) is 0.197. The van der Waals surface area contributed by atoms with Crippen molar-refractivity contribution in [2.24, 2.45) is 0 Å². The van der Waals surface area contributed by atoms with Crippen LogP contribution in [0.5, 0.6) is 0 Å². The zero-order valence-corrected chi connectivity index (χ0v) is 42.2. The second kappa shape index (κ2) is 19.4. The minimum Gasteiger partial charge on any atom is -0.500 e. The van der Waals surface area contributed by atoms with E-state index >= 15 is 0 Å². The number of aryl methyl sites for hydroxylation is 2. The van der Waals surface area contributed by atoms with Gasteiger partial charge in [0.05, 0.1) is 46.0 Å². The van der Waals surface area contributed by atoms with Gasteiger partial charge in [-0.05, 0) is 101 Å². The molecule has 0 N–H and O–H groups in total. The first kappa shape index (κ1) is 40.7. The minimum absolute atomic E-state index is 0. The van der Waals surface area contributed by atoms with Crippen molar-refractivity contribution in [2.45, 2.75) is 79.4 Å². The van der Waals surface area contributed by atoms with Gasteiger partial charge in [0.2, 0.25) is 0 Å². The van der Waals surface area contributed by atoms with E-state index in [0.717, 1.165) is 61.9 Å². The van der Waals surface area contributed by atoms with Gasteiger partial charge >= 0.3 is 20.1 Å². The molecule has 4 aromatic heterocycles. The van der Waals surface area contributed by atoms with Crippen LogP contribution in [-0.4, -0.2) is 19.5 Å². The van der Waals surface area contributed by atoms with E-state index in [-0.39, 0.29) is 54.3 Å². The van der Waals surface area contributed by atoms with E-state index in [1.807, 2.05) is 71.4 Å². The Morgan fingerprint density at radius 2 is 1.43 bits per heavy atom. The van der Waals surface area contributed by atoms with Crippen LogP contribution in [0.25, 0.3) is 83.8 Å². The number of para-hydroxylation sites is 2. The van der Waals surface area contributed by atoms with Crippen molar-refractivity contribution in [3.05, 3.63) is 199 Å². The molecule has 0 radical (unpaired) electrons. The standard InChI is InChI=1S/C48H44N5O.C13H12N.Ir/c1-27(2)38-23-32(31-17-19-35(20-18-31)48(7,8)9)24-39(28(3)4)44(38)53-41-16-11-10-15-40(41)52-47(53)37-14-12-13-36-43-34(26-49)22-33(25-42(43)54-45(36)37)46-50-29(5)21-30(6)51-46;1-11-7-3-4-8-12(11)13-9-5-6-10-14(13)2;/h10-13,15-25,27-28H,1-9H3;3-10H,1-2H2;/q2*-1;+3/i5D3,6D3;;. The Morgan fingerprint density at radius 3 is 2.07 bits per heavy atom. The number of nitrogens with zero attached hydrogens (tertiary/aromatic N) is 6. The summed E-state index contributed by atoms with van der Waals surface area (Å²) in [4.78, 5) is 13.7. The molecule has 0 unspecified atom stereocenters. The Hall–Kier alpha value is -7.30. The molecule has 0 atom stereocenters. The summed E-state index contributed by atoms with van der Waals surface area (Å²) >= 11 is 0. The largest absolute Gasteiger partial charge is 3.00 e. The number of fused-ring (bicyclic) bond motifs is 4. The predicted octanol–water partition coefficient (Wildman–Crippen LogP) is 15.0. The van der Waals surface area contributed by atoms with Gasteiger partial charge in [-0.3, -0.25) is 4.98 Å². The van der Waals surface area contributed by atoms with Gasteiger partial charge in [-0.15, -0.1) is 35.9 Å². The summed E-state index contributed by atoms with van der Waals surface area (Å²) in [6, 6.07) is 49.0. The third-order valence-electron chi connectivity index (χ3n) is 12.4. The molecule has 10 rings (SSSR count). The van der Waals surface area contributed by atoms with Crippen molar-refractivity contribution in [3.63, 3.8) is 0 Å². The fourth-order valence-electron chi connectivity index (χ4n) is 8.89. The number of benzene rings is 6. The number of aromatic nitrogens is 5. The maximum atomic E-state index is 10.5. The summed E-state index contributed by atoms with van der Waals surface area (Å²) in [6.07, 6.45) is 1.93. The van der Waals surface area contributed by atoms with E-state index in [1.54, 1.807) is 12.1 Å². The molecule has 0 bridgehead atoms. The van der Waals surface area contributed by atoms with E-state index in [1.165, 1.54) is 11.6 Å². The maximum Gasteiger partial charge on any atom is 3.00 e. The van der Waals surface area contributed by atoms with Crippen LogP contribution in [0.4, 0.5) is 0 Å². The van der Waals surface area contributed by atoms with Crippen molar-refractivity contribution in [2.75, 3.05) is 0 Å². The molecule has 8 heteroatoms. The van der Waals surface area contributed by atoms with Gasteiger partial charge in [-0.25, -0.2) is 9.97 Å². The Balaban J connectivity index is 0.000000429. The molecule has 0 fully saturated rings. The van der Waals surface area contributed by atoms with Crippen LogP contribution in [0.3, 0.4) is 0 Å². The van der Waals surface area contributed by atoms with Crippen LogP contribution in [0.15, 0.2) is 144 Å². The summed E-state index contributed by atoms with van der Waals surface area (Å²) < 4.78 is 58.5. The molecule has 344 valence electrons. The molecule has 0 aliphatic heterocycles. The molecule has 69 heavy (non-hydrogen) atoms. The van der Waals surface area contributed by atoms with Crippen LogP contribution in [0.1, 0.15) is 108 Å². The predicted molar refractivity (Wildman–Crippen MR) is 277 cm³/mol. The summed E-state index contributed by atoms with van der Waals surface area (Å²) in [6.45, 7) is 14.1. The van der Waals surface area contributed by atoms with E-state index < -0.39 is 25.1 Å². The number of hydrogen-bond acceptors (Lipinski definition) is 5. The van der Waals surface area contributed by atoms with Crippen LogP contribution in [-0.2, 0) is 25.5 Å². The van der Waals surface area contributed by atoms with Gasteiger partial charge in [0.1, 0.15) is 5.58 Å². The maximum absolute atomic E-state index is 10.5. The summed E-state index contributed by atoms with van der Waals surface area (Å²) in [5.74, 6) is 0.749.